The van der Waals surface area contributed by atoms with Crippen LogP contribution in [0.5, 0.6) is 0 Å². The molecule has 2 saturated carbocycles. The Bertz CT molecular complexity index is 184. The van der Waals surface area contributed by atoms with E-state index in [1.165, 1.54) is 38.5 Å². The molecule has 13 heavy (non-hydrogen) atoms. The van der Waals surface area contributed by atoms with Gasteiger partial charge in [0.15, 0.2) is 0 Å². The molecule has 0 amide bonds. The summed E-state index contributed by atoms with van der Waals surface area (Å²) in [7, 11) is 0. The van der Waals surface area contributed by atoms with Crippen LogP contribution in [0.2, 0.25) is 0 Å². The van der Waals surface area contributed by atoms with Gasteiger partial charge in [0.2, 0.25) is 0 Å². The first kappa shape index (κ1) is 9.51. The van der Waals surface area contributed by atoms with E-state index in [0.29, 0.717) is 11.3 Å². The van der Waals surface area contributed by atoms with Crippen LogP contribution in [0.1, 0.15) is 52.4 Å². The second-order valence-electron chi connectivity index (χ2n) is 4.94. The zero-order chi connectivity index (χ0) is 9.47. The molecule has 2 aliphatic rings. The minimum absolute atomic E-state index is 0.0211. The first-order chi connectivity index (χ1) is 6.26. The van der Waals surface area contributed by atoms with Gasteiger partial charge in [0, 0.05) is 0 Å². The van der Waals surface area contributed by atoms with Crippen LogP contribution in [0.4, 0.5) is 0 Å². The number of aliphatic hydroxyl groups excluding tert-OH is 1. The Morgan fingerprint density at radius 1 is 1.15 bits per heavy atom. The largest absolute Gasteiger partial charge is 0.392 e. The van der Waals surface area contributed by atoms with Crippen molar-refractivity contribution in [3.05, 3.63) is 0 Å². The minimum Gasteiger partial charge on any atom is -0.392 e. The van der Waals surface area contributed by atoms with E-state index in [1.54, 1.807) is 0 Å². The lowest BCUT2D eigenvalue weighted by molar-refractivity contribution is -0.199. The highest BCUT2D eigenvalue weighted by molar-refractivity contribution is 5.08. The predicted molar refractivity (Wildman–Crippen MR) is 54.5 cm³/mol. The summed E-state index contributed by atoms with van der Waals surface area (Å²) in [5, 5.41) is 10.2. The molecular weight excluding hydrogens is 160 g/mol. The van der Waals surface area contributed by atoms with Gasteiger partial charge >= 0.3 is 0 Å². The Labute approximate surface area is 81.5 Å². The number of rotatable bonds is 2. The Kier molecular flexibility index (Phi) is 2.39. The maximum absolute atomic E-state index is 10.2. The van der Waals surface area contributed by atoms with Gasteiger partial charge < -0.3 is 5.11 Å². The number of hydrogen-bond donors (Lipinski definition) is 1. The highest BCUT2D eigenvalue weighted by Crippen LogP contribution is 2.60. The summed E-state index contributed by atoms with van der Waals surface area (Å²) in [6.45, 7) is 4.50. The van der Waals surface area contributed by atoms with Crippen LogP contribution in [0.3, 0.4) is 0 Å². The number of fused-ring (bicyclic) bond motifs is 1. The van der Waals surface area contributed by atoms with Crippen molar-refractivity contribution < 1.29 is 5.11 Å². The fraction of sp³-hybridized carbons (Fsp3) is 1.00. The number of hydrogen-bond acceptors (Lipinski definition) is 1. The van der Waals surface area contributed by atoms with Gasteiger partial charge in [-0.15, -0.1) is 0 Å². The SMILES string of the molecule is CCC1(CC)C(O)C2CCCCC21. The molecule has 0 bridgehead atoms. The molecule has 0 aliphatic heterocycles. The van der Waals surface area contributed by atoms with E-state index in [4.69, 9.17) is 0 Å². The van der Waals surface area contributed by atoms with Crippen molar-refractivity contribution in [2.45, 2.75) is 58.5 Å². The molecule has 2 rings (SSSR count). The molecule has 0 radical (unpaired) electrons. The topological polar surface area (TPSA) is 20.2 Å². The lowest BCUT2D eigenvalue weighted by Crippen LogP contribution is -2.61. The molecule has 1 heteroatoms. The Morgan fingerprint density at radius 2 is 1.77 bits per heavy atom. The van der Waals surface area contributed by atoms with Crippen LogP contribution < -0.4 is 0 Å². The standard InChI is InChI=1S/C12H22O/c1-3-12(4-2)10-8-6-5-7-9(10)11(12)13/h9-11,13H,3-8H2,1-2H3. The monoisotopic (exact) mass is 182 g/mol. The molecule has 2 aliphatic carbocycles. The highest BCUT2D eigenvalue weighted by atomic mass is 16.3. The fourth-order valence-electron chi connectivity index (χ4n) is 3.97. The quantitative estimate of drug-likeness (QED) is 0.696. The second-order valence-corrected chi connectivity index (χ2v) is 4.94. The molecule has 1 N–H and O–H groups in total. The molecule has 3 unspecified atom stereocenters. The van der Waals surface area contributed by atoms with Gasteiger partial charge in [-0.2, -0.15) is 0 Å². The van der Waals surface area contributed by atoms with Crippen molar-refractivity contribution in [1.29, 1.82) is 0 Å². The summed E-state index contributed by atoms with van der Waals surface area (Å²) in [5.41, 5.74) is 0.311. The highest BCUT2D eigenvalue weighted by Gasteiger charge is 2.58. The van der Waals surface area contributed by atoms with E-state index in [1.807, 2.05) is 0 Å². The maximum Gasteiger partial charge on any atom is 0.0629 e. The first-order valence-electron chi connectivity index (χ1n) is 5.94. The normalized spacial score (nSPS) is 42.2. The zero-order valence-corrected chi connectivity index (χ0v) is 8.92. The van der Waals surface area contributed by atoms with Gasteiger partial charge in [0.05, 0.1) is 6.10 Å². The lowest BCUT2D eigenvalue weighted by atomic mass is 9.45. The molecular formula is C12H22O. The van der Waals surface area contributed by atoms with Crippen LogP contribution in [-0.4, -0.2) is 11.2 Å². The summed E-state index contributed by atoms with van der Waals surface area (Å²) < 4.78 is 0. The maximum atomic E-state index is 10.2. The van der Waals surface area contributed by atoms with Crippen molar-refractivity contribution in [3.63, 3.8) is 0 Å². The van der Waals surface area contributed by atoms with E-state index in [2.05, 4.69) is 13.8 Å². The molecule has 0 spiro atoms. The Balaban J connectivity index is 2.13. The van der Waals surface area contributed by atoms with E-state index in [9.17, 15) is 5.11 Å². The molecule has 0 aromatic heterocycles. The van der Waals surface area contributed by atoms with Gasteiger partial charge in [-0.05, 0) is 42.9 Å². The van der Waals surface area contributed by atoms with Crippen molar-refractivity contribution in [2.24, 2.45) is 17.3 Å². The average Bonchev–Trinajstić information content (AvgIpc) is 2.20. The van der Waals surface area contributed by atoms with Gasteiger partial charge in [0.1, 0.15) is 0 Å². The lowest BCUT2D eigenvalue weighted by Gasteiger charge is -2.61. The van der Waals surface area contributed by atoms with Crippen LogP contribution in [0.25, 0.3) is 0 Å². The zero-order valence-electron chi connectivity index (χ0n) is 8.92. The van der Waals surface area contributed by atoms with E-state index in [0.717, 1.165) is 5.92 Å². The van der Waals surface area contributed by atoms with Gasteiger partial charge in [-0.3, -0.25) is 0 Å². The Morgan fingerprint density at radius 3 is 2.38 bits per heavy atom. The molecule has 0 saturated heterocycles. The third-order valence-corrected chi connectivity index (χ3v) is 4.87. The second kappa shape index (κ2) is 3.27. The summed E-state index contributed by atoms with van der Waals surface area (Å²) in [6.07, 6.45) is 7.78. The predicted octanol–water partition coefficient (Wildman–Crippen LogP) is 2.97. The summed E-state index contributed by atoms with van der Waals surface area (Å²) in [5.74, 6) is 1.51. The van der Waals surface area contributed by atoms with E-state index in [-0.39, 0.29) is 6.10 Å². The van der Waals surface area contributed by atoms with Crippen LogP contribution in [0.15, 0.2) is 0 Å². The minimum atomic E-state index is 0.0211. The summed E-state index contributed by atoms with van der Waals surface area (Å²) >= 11 is 0. The summed E-state index contributed by atoms with van der Waals surface area (Å²) in [4.78, 5) is 0. The molecule has 0 heterocycles. The van der Waals surface area contributed by atoms with Gasteiger partial charge in [-0.25, -0.2) is 0 Å². The van der Waals surface area contributed by atoms with Crippen molar-refractivity contribution in [3.8, 4) is 0 Å². The molecule has 76 valence electrons. The molecule has 2 fully saturated rings. The van der Waals surface area contributed by atoms with Crippen molar-refractivity contribution in [2.75, 3.05) is 0 Å². The molecule has 1 nitrogen and oxygen atoms in total. The van der Waals surface area contributed by atoms with Crippen molar-refractivity contribution in [1.82, 2.24) is 0 Å². The molecule has 0 aromatic rings. The summed E-state index contributed by atoms with van der Waals surface area (Å²) in [6, 6.07) is 0. The van der Waals surface area contributed by atoms with Crippen LogP contribution >= 0.6 is 0 Å². The Hall–Kier alpha value is -0.0400. The van der Waals surface area contributed by atoms with Crippen LogP contribution in [-0.2, 0) is 0 Å². The van der Waals surface area contributed by atoms with E-state index < -0.39 is 0 Å². The molecule has 3 atom stereocenters. The van der Waals surface area contributed by atoms with E-state index >= 15 is 0 Å². The third-order valence-electron chi connectivity index (χ3n) is 4.87. The third kappa shape index (κ3) is 1.09. The smallest absolute Gasteiger partial charge is 0.0629 e. The van der Waals surface area contributed by atoms with Crippen molar-refractivity contribution >= 4 is 0 Å². The molecule has 0 aromatic carbocycles. The van der Waals surface area contributed by atoms with Gasteiger partial charge in [-0.1, -0.05) is 26.7 Å². The number of aliphatic hydroxyl groups is 1. The van der Waals surface area contributed by atoms with Crippen LogP contribution in [0, 0.1) is 17.3 Å². The fourth-order valence-corrected chi connectivity index (χ4v) is 3.97. The first-order valence-corrected chi connectivity index (χ1v) is 5.94. The van der Waals surface area contributed by atoms with Gasteiger partial charge in [0.25, 0.3) is 0 Å². The average molecular weight is 182 g/mol.